The third-order valence-corrected chi connectivity index (χ3v) is 9.19. The number of aromatic nitrogens is 4. The van der Waals surface area contributed by atoms with Gasteiger partial charge in [-0.1, -0.05) is 0 Å². The first-order valence-corrected chi connectivity index (χ1v) is 13.7. The summed E-state index contributed by atoms with van der Waals surface area (Å²) in [6.45, 7) is 2.19. The van der Waals surface area contributed by atoms with Crippen LogP contribution in [0.5, 0.6) is 5.75 Å². The average Bonchev–Trinajstić information content (AvgIpc) is 3.39. The molecule has 5 heterocycles. The largest absolute Gasteiger partial charge is 0.487 e. The van der Waals surface area contributed by atoms with E-state index < -0.39 is 26.9 Å². The molecule has 1 N–H and O–H groups in total. The van der Waals surface area contributed by atoms with Crippen LogP contribution in [-0.4, -0.2) is 77.1 Å². The Labute approximate surface area is 212 Å². The molecule has 6 rings (SSSR count). The van der Waals surface area contributed by atoms with E-state index in [1.165, 1.54) is 16.4 Å². The lowest BCUT2D eigenvalue weighted by molar-refractivity contribution is 0.0389. The number of aromatic amines is 1. The van der Waals surface area contributed by atoms with E-state index in [-0.39, 0.29) is 31.6 Å². The van der Waals surface area contributed by atoms with Crippen molar-refractivity contribution < 1.29 is 26.7 Å². The highest BCUT2D eigenvalue weighted by Crippen LogP contribution is 2.33. The topological polar surface area (TPSA) is 114 Å². The van der Waals surface area contributed by atoms with E-state index >= 15 is 0 Å². The van der Waals surface area contributed by atoms with Gasteiger partial charge in [0.1, 0.15) is 22.9 Å². The van der Waals surface area contributed by atoms with Gasteiger partial charge in [-0.25, -0.2) is 27.2 Å². The second-order valence-corrected chi connectivity index (χ2v) is 11.7. The Bertz CT molecular complexity index is 1390. The van der Waals surface area contributed by atoms with Gasteiger partial charge in [0.15, 0.2) is 17.4 Å². The average molecular weight is 533 g/mol. The van der Waals surface area contributed by atoms with Crippen molar-refractivity contribution in [1.29, 1.82) is 0 Å². The van der Waals surface area contributed by atoms with Crippen molar-refractivity contribution in [1.82, 2.24) is 24.5 Å². The van der Waals surface area contributed by atoms with Crippen molar-refractivity contribution in [3.8, 4) is 17.0 Å². The predicted molar refractivity (Wildman–Crippen MR) is 129 cm³/mol. The number of fused-ring (bicyclic) bond motifs is 1. The SMILES string of the molecule is O=S(=O)(C1COC1)N1CCc2nc(N3CCC(Oc4ccc(F)cc4F)CC3)c(-c3cn[nH]c3)nc2C1. The van der Waals surface area contributed by atoms with Crippen molar-refractivity contribution in [2.45, 2.75) is 37.2 Å². The molecule has 3 aliphatic rings. The summed E-state index contributed by atoms with van der Waals surface area (Å²) in [7, 11) is -3.45. The van der Waals surface area contributed by atoms with E-state index in [4.69, 9.17) is 19.4 Å². The number of piperidine rings is 1. The number of nitrogens with one attached hydrogen (secondary N) is 1. The van der Waals surface area contributed by atoms with Crippen LogP contribution in [0.15, 0.2) is 30.6 Å². The minimum Gasteiger partial charge on any atom is -0.487 e. The number of ether oxygens (including phenoxy) is 2. The first-order valence-electron chi connectivity index (χ1n) is 12.2. The molecule has 0 unspecified atom stereocenters. The van der Waals surface area contributed by atoms with Crippen LogP contribution in [0.1, 0.15) is 24.2 Å². The monoisotopic (exact) mass is 532 g/mol. The number of benzene rings is 1. The molecule has 37 heavy (non-hydrogen) atoms. The zero-order valence-corrected chi connectivity index (χ0v) is 20.8. The Morgan fingerprint density at radius 1 is 1.08 bits per heavy atom. The van der Waals surface area contributed by atoms with Crippen LogP contribution < -0.4 is 9.64 Å². The molecule has 0 aliphatic carbocycles. The molecular weight excluding hydrogens is 506 g/mol. The number of anilines is 1. The molecule has 3 aromatic rings. The van der Waals surface area contributed by atoms with Gasteiger partial charge in [0.05, 0.1) is 37.3 Å². The summed E-state index contributed by atoms with van der Waals surface area (Å²) in [6, 6.07) is 3.31. The van der Waals surface area contributed by atoms with Gasteiger partial charge in [-0.15, -0.1) is 0 Å². The molecule has 10 nitrogen and oxygen atoms in total. The summed E-state index contributed by atoms with van der Waals surface area (Å²) in [5.41, 5.74) is 2.80. The fourth-order valence-corrected chi connectivity index (χ4v) is 6.45. The lowest BCUT2D eigenvalue weighted by atomic mass is 10.1. The van der Waals surface area contributed by atoms with Crippen molar-refractivity contribution in [2.24, 2.45) is 0 Å². The van der Waals surface area contributed by atoms with Crippen LogP contribution in [0, 0.1) is 11.6 Å². The second kappa shape index (κ2) is 9.62. The van der Waals surface area contributed by atoms with E-state index in [0.29, 0.717) is 56.1 Å². The number of hydrogen-bond donors (Lipinski definition) is 1. The third kappa shape index (κ3) is 4.66. The summed E-state index contributed by atoms with van der Waals surface area (Å²) >= 11 is 0. The zero-order chi connectivity index (χ0) is 25.6. The minimum absolute atomic E-state index is 0.0421. The van der Waals surface area contributed by atoms with Crippen molar-refractivity contribution >= 4 is 15.8 Å². The molecule has 2 saturated heterocycles. The fraction of sp³-hybridized carbons (Fsp3) is 0.458. The fourth-order valence-electron chi connectivity index (χ4n) is 4.84. The lowest BCUT2D eigenvalue weighted by Gasteiger charge is -2.36. The number of halogens is 2. The van der Waals surface area contributed by atoms with Crippen LogP contribution in [0.2, 0.25) is 0 Å². The molecule has 13 heteroatoms. The maximum absolute atomic E-state index is 14.0. The quantitative estimate of drug-likeness (QED) is 0.515. The van der Waals surface area contributed by atoms with Gasteiger partial charge in [0.25, 0.3) is 0 Å². The van der Waals surface area contributed by atoms with Gasteiger partial charge in [0.2, 0.25) is 10.0 Å². The van der Waals surface area contributed by atoms with Crippen molar-refractivity contribution in [3.05, 3.63) is 53.6 Å². The summed E-state index contributed by atoms with van der Waals surface area (Å²) < 4.78 is 65.5. The van der Waals surface area contributed by atoms with Crippen LogP contribution >= 0.6 is 0 Å². The van der Waals surface area contributed by atoms with Crippen molar-refractivity contribution in [2.75, 3.05) is 37.7 Å². The van der Waals surface area contributed by atoms with E-state index in [9.17, 15) is 17.2 Å². The minimum atomic E-state index is -3.45. The number of H-pyrrole nitrogens is 1. The molecule has 196 valence electrons. The molecule has 3 aliphatic heterocycles. The standard InChI is InChI=1S/C24H26F2N6O4S/c25-16-1-2-22(19(26)9-16)36-17-3-6-31(7-4-17)24-23(15-10-27-28-11-15)29-21-12-32(8-5-20(21)30-24)37(33,34)18-13-35-14-18/h1-2,9-11,17-18H,3-8,12-14H2,(H,27,28). The van der Waals surface area contributed by atoms with Crippen molar-refractivity contribution in [3.63, 3.8) is 0 Å². The molecular formula is C24H26F2N6O4S. The van der Waals surface area contributed by atoms with Gasteiger partial charge >= 0.3 is 0 Å². The lowest BCUT2D eigenvalue weighted by Crippen LogP contribution is -2.50. The molecule has 2 fully saturated rings. The molecule has 2 aromatic heterocycles. The van der Waals surface area contributed by atoms with Gasteiger partial charge in [-0.2, -0.15) is 9.40 Å². The van der Waals surface area contributed by atoms with E-state index in [0.717, 1.165) is 17.3 Å². The molecule has 0 amide bonds. The first-order chi connectivity index (χ1) is 17.9. The van der Waals surface area contributed by atoms with E-state index in [1.54, 1.807) is 12.4 Å². The number of rotatable bonds is 6. The van der Waals surface area contributed by atoms with Gasteiger partial charge in [-0.3, -0.25) is 5.10 Å². The number of sulfonamides is 1. The highest BCUT2D eigenvalue weighted by atomic mass is 32.2. The highest BCUT2D eigenvalue weighted by molar-refractivity contribution is 7.89. The molecule has 0 bridgehead atoms. The summed E-state index contributed by atoms with van der Waals surface area (Å²) in [6.07, 6.45) is 4.89. The zero-order valence-electron chi connectivity index (χ0n) is 19.9. The van der Waals surface area contributed by atoms with Crippen LogP contribution in [0.4, 0.5) is 14.6 Å². The molecule has 0 radical (unpaired) electrons. The summed E-state index contributed by atoms with van der Waals surface area (Å²) in [5, 5.41) is 6.36. The smallest absolute Gasteiger partial charge is 0.221 e. The third-order valence-electron chi connectivity index (χ3n) is 7.05. The van der Waals surface area contributed by atoms with Crippen LogP contribution in [0.25, 0.3) is 11.3 Å². The van der Waals surface area contributed by atoms with Crippen LogP contribution in [0.3, 0.4) is 0 Å². The molecule has 0 spiro atoms. The van der Waals surface area contributed by atoms with Gasteiger partial charge in [-0.05, 0) is 12.1 Å². The Morgan fingerprint density at radius 3 is 2.57 bits per heavy atom. The van der Waals surface area contributed by atoms with Gasteiger partial charge in [0, 0.05) is 56.7 Å². The van der Waals surface area contributed by atoms with E-state index in [2.05, 4.69) is 15.1 Å². The van der Waals surface area contributed by atoms with E-state index in [1.807, 2.05) is 0 Å². The first kappa shape index (κ1) is 24.2. The number of hydrogen-bond acceptors (Lipinski definition) is 8. The maximum atomic E-state index is 14.0. The molecule has 1 aromatic carbocycles. The predicted octanol–water partition coefficient (Wildman–Crippen LogP) is 2.28. The normalized spacial score (nSPS) is 19.5. The molecule has 0 atom stereocenters. The Morgan fingerprint density at radius 2 is 1.89 bits per heavy atom. The Hall–Kier alpha value is -3.16. The summed E-state index contributed by atoms with van der Waals surface area (Å²) in [5.74, 6) is -0.614. The van der Waals surface area contributed by atoms with Gasteiger partial charge < -0.3 is 14.4 Å². The molecule has 0 saturated carbocycles. The second-order valence-electron chi connectivity index (χ2n) is 9.44. The highest BCUT2D eigenvalue weighted by Gasteiger charge is 2.39. The maximum Gasteiger partial charge on any atom is 0.221 e. The number of nitrogens with zero attached hydrogens (tertiary/aromatic N) is 5. The van der Waals surface area contributed by atoms with Crippen LogP contribution in [-0.2, 0) is 27.7 Å². The Kier molecular flexibility index (Phi) is 6.29. The summed E-state index contributed by atoms with van der Waals surface area (Å²) in [4.78, 5) is 12.0. The Balaban J connectivity index is 1.22.